The van der Waals surface area contributed by atoms with E-state index in [1.165, 1.54) is 11.1 Å². The lowest BCUT2D eigenvalue weighted by molar-refractivity contribution is 0.308. The van der Waals surface area contributed by atoms with Crippen LogP contribution in [0.1, 0.15) is 35.1 Å². The topological polar surface area (TPSA) is 38.2 Å². The van der Waals surface area contributed by atoms with Crippen molar-refractivity contribution < 1.29 is 4.74 Å². The molecule has 24 heavy (non-hydrogen) atoms. The Kier molecular flexibility index (Phi) is 4.07. The van der Waals surface area contributed by atoms with Crippen molar-refractivity contribution >= 4 is 6.08 Å². The molecule has 0 aliphatic carbocycles. The number of para-hydroxylation sites is 1. The molecule has 4 rings (SSSR count). The molecule has 124 valence electrons. The SMILES string of the molecule is Cc1cc(C)nc([C@@H]2CCN(CC3=Cc4ccccc4OC3)C2)n1. The summed E-state index contributed by atoms with van der Waals surface area (Å²) in [6, 6.07) is 10.3. The zero-order valence-electron chi connectivity index (χ0n) is 14.3. The van der Waals surface area contributed by atoms with Crippen LogP contribution in [0.2, 0.25) is 0 Å². The molecule has 0 spiro atoms. The first kappa shape index (κ1) is 15.3. The van der Waals surface area contributed by atoms with Gasteiger partial charge in [-0.05, 0) is 50.6 Å². The van der Waals surface area contributed by atoms with E-state index in [-0.39, 0.29) is 0 Å². The third-order valence-electron chi connectivity index (χ3n) is 4.76. The Morgan fingerprint density at radius 2 is 1.96 bits per heavy atom. The fourth-order valence-electron chi connectivity index (χ4n) is 3.66. The average Bonchev–Trinajstić information content (AvgIpc) is 3.02. The number of hydrogen-bond donors (Lipinski definition) is 0. The van der Waals surface area contributed by atoms with Crippen LogP contribution in [0.4, 0.5) is 0 Å². The maximum absolute atomic E-state index is 5.87. The molecule has 0 bridgehead atoms. The first-order valence-corrected chi connectivity index (χ1v) is 8.63. The molecule has 1 fully saturated rings. The predicted octanol–water partition coefficient (Wildman–Crippen LogP) is 3.36. The molecular weight excluding hydrogens is 298 g/mol. The van der Waals surface area contributed by atoms with E-state index in [1.54, 1.807) is 0 Å². The van der Waals surface area contributed by atoms with Crippen molar-refractivity contribution in [3.63, 3.8) is 0 Å². The Labute approximate surface area is 143 Å². The van der Waals surface area contributed by atoms with E-state index >= 15 is 0 Å². The van der Waals surface area contributed by atoms with Crippen molar-refractivity contribution in [2.24, 2.45) is 0 Å². The van der Waals surface area contributed by atoms with Gasteiger partial charge in [0.25, 0.3) is 0 Å². The van der Waals surface area contributed by atoms with E-state index in [2.05, 4.69) is 33.1 Å². The molecule has 1 atom stereocenters. The summed E-state index contributed by atoms with van der Waals surface area (Å²) in [6.07, 6.45) is 3.41. The second kappa shape index (κ2) is 6.36. The lowest BCUT2D eigenvalue weighted by atomic mass is 10.1. The quantitative estimate of drug-likeness (QED) is 0.869. The lowest BCUT2D eigenvalue weighted by Crippen LogP contribution is -2.26. The van der Waals surface area contributed by atoms with Gasteiger partial charge >= 0.3 is 0 Å². The average molecular weight is 321 g/mol. The molecule has 3 heterocycles. The molecule has 2 aliphatic rings. The molecule has 1 aromatic heterocycles. The largest absolute Gasteiger partial charge is 0.489 e. The minimum absolute atomic E-state index is 0.445. The highest BCUT2D eigenvalue weighted by molar-refractivity contribution is 5.62. The smallest absolute Gasteiger partial charge is 0.133 e. The van der Waals surface area contributed by atoms with Crippen molar-refractivity contribution in [1.82, 2.24) is 14.9 Å². The van der Waals surface area contributed by atoms with Gasteiger partial charge in [-0.1, -0.05) is 18.2 Å². The highest BCUT2D eigenvalue weighted by Gasteiger charge is 2.27. The van der Waals surface area contributed by atoms with Gasteiger partial charge < -0.3 is 4.74 Å². The molecule has 0 amide bonds. The van der Waals surface area contributed by atoms with Crippen molar-refractivity contribution in [2.45, 2.75) is 26.2 Å². The number of aromatic nitrogens is 2. The predicted molar refractivity (Wildman–Crippen MR) is 95.2 cm³/mol. The molecule has 0 N–H and O–H groups in total. The van der Waals surface area contributed by atoms with Gasteiger partial charge in [0.1, 0.15) is 18.2 Å². The van der Waals surface area contributed by atoms with E-state index in [0.717, 1.165) is 49.0 Å². The Hall–Kier alpha value is -2.20. The van der Waals surface area contributed by atoms with Crippen molar-refractivity contribution in [3.8, 4) is 5.75 Å². The summed E-state index contributed by atoms with van der Waals surface area (Å²) in [4.78, 5) is 11.8. The van der Waals surface area contributed by atoms with Gasteiger partial charge in [0.05, 0.1) is 0 Å². The van der Waals surface area contributed by atoms with Crippen LogP contribution in [0.5, 0.6) is 5.75 Å². The molecular formula is C20H23N3O. The van der Waals surface area contributed by atoms with Crippen molar-refractivity contribution in [1.29, 1.82) is 0 Å². The molecule has 1 saturated heterocycles. The van der Waals surface area contributed by atoms with Gasteiger partial charge in [-0.15, -0.1) is 0 Å². The van der Waals surface area contributed by atoms with E-state index in [4.69, 9.17) is 4.74 Å². The Morgan fingerprint density at radius 1 is 1.17 bits per heavy atom. The summed E-state index contributed by atoms with van der Waals surface area (Å²) >= 11 is 0. The summed E-state index contributed by atoms with van der Waals surface area (Å²) in [7, 11) is 0. The minimum atomic E-state index is 0.445. The lowest BCUT2D eigenvalue weighted by Gasteiger charge is -2.22. The number of hydrogen-bond acceptors (Lipinski definition) is 4. The van der Waals surface area contributed by atoms with Crippen LogP contribution >= 0.6 is 0 Å². The molecule has 0 unspecified atom stereocenters. The molecule has 2 aromatic rings. The summed E-state index contributed by atoms with van der Waals surface area (Å²) in [5.41, 5.74) is 4.66. The number of benzene rings is 1. The van der Waals surface area contributed by atoms with E-state index in [0.29, 0.717) is 12.5 Å². The van der Waals surface area contributed by atoms with Gasteiger partial charge in [0, 0.05) is 36.0 Å². The molecule has 2 aliphatic heterocycles. The third kappa shape index (κ3) is 3.20. The maximum Gasteiger partial charge on any atom is 0.133 e. The van der Waals surface area contributed by atoms with Crippen molar-refractivity contribution in [2.75, 3.05) is 26.2 Å². The van der Waals surface area contributed by atoms with Crippen LogP contribution in [-0.4, -0.2) is 41.1 Å². The second-order valence-electron chi connectivity index (χ2n) is 6.86. The van der Waals surface area contributed by atoms with Gasteiger partial charge in [-0.2, -0.15) is 0 Å². The molecule has 4 heteroatoms. The third-order valence-corrected chi connectivity index (χ3v) is 4.76. The Bertz CT molecular complexity index is 764. The molecule has 0 radical (unpaired) electrons. The van der Waals surface area contributed by atoms with Gasteiger partial charge in [-0.25, -0.2) is 9.97 Å². The standard InChI is InChI=1S/C20H23N3O/c1-14-9-15(2)22-20(21-14)18-7-8-23(12-18)11-16-10-17-5-3-4-6-19(17)24-13-16/h3-6,9-10,18H,7-8,11-13H2,1-2H3/t18-/m1/s1. The first-order valence-electron chi connectivity index (χ1n) is 8.63. The number of ether oxygens (including phenoxy) is 1. The van der Waals surface area contributed by atoms with Crippen LogP contribution in [0, 0.1) is 13.8 Å². The normalized spacial score (nSPS) is 20.4. The van der Waals surface area contributed by atoms with Gasteiger partial charge in [0.15, 0.2) is 0 Å². The monoisotopic (exact) mass is 321 g/mol. The molecule has 4 nitrogen and oxygen atoms in total. The number of fused-ring (bicyclic) bond motifs is 1. The summed E-state index contributed by atoms with van der Waals surface area (Å²) in [5, 5.41) is 0. The number of aryl methyl sites for hydroxylation is 2. The summed E-state index contributed by atoms with van der Waals surface area (Å²) in [6.45, 7) is 7.88. The Balaban J connectivity index is 1.44. The van der Waals surface area contributed by atoms with Crippen LogP contribution in [0.25, 0.3) is 6.08 Å². The fourth-order valence-corrected chi connectivity index (χ4v) is 3.66. The van der Waals surface area contributed by atoms with Crippen LogP contribution in [0.15, 0.2) is 35.9 Å². The van der Waals surface area contributed by atoms with Crippen LogP contribution in [-0.2, 0) is 0 Å². The van der Waals surface area contributed by atoms with Crippen LogP contribution in [0.3, 0.4) is 0 Å². The minimum Gasteiger partial charge on any atom is -0.489 e. The van der Waals surface area contributed by atoms with Gasteiger partial charge in [-0.3, -0.25) is 4.90 Å². The van der Waals surface area contributed by atoms with E-state index in [1.807, 2.05) is 32.0 Å². The highest BCUT2D eigenvalue weighted by Crippen LogP contribution is 2.29. The zero-order valence-corrected chi connectivity index (χ0v) is 14.3. The summed E-state index contributed by atoms with van der Waals surface area (Å²) in [5.74, 6) is 2.44. The number of rotatable bonds is 3. The zero-order chi connectivity index (χ0) is 16.5. The second-order valence-corrected chi connectivity index (χ2v) is 6.86. The summed E-state index contributed by atoms with van der Waals surface area (Å²) < 4.78 is 5.87. The highest BCUT2D eigenvalue weighted by atomic mass is 16.5. The Morgan fingerprint density at radius 3 is 2.79 bits per heavy atom. The first-order chi connectivity index (χ1) is 11.7. The number of likely N-dealkylation sites (tertiary alicyclic amines) is 1. The molecule has 0 saturated carbocycles. The number of nitrogens with zero attached hydrogens (tertiary/aromatic N) is 3. The molecule has 1 aromatic carbocycles. The van der Waals surface area contributed by atoms with E-state index in [9.17, 15) is 0 Å². The van der Waals surface area contributed by atoms with Gasteiger partial charge in [0.2, 0.25) is 0 Å². The fraction of sp³-hybridized carbons (Fsp3) is 0.400. The van der Waals surface area contributed by atoms with E-state index < -0.39 is 0 Å². The van der Waals surface area contributed by atoms with Crippen LogP contribution < -0.4 is 4.74 Å². The van der Waals surface area contributed by atoms with Crippen molar-refractivity contribution in [3.05, 3.63) is 58.7 Å². The maximum atomic E-state index is 5.87.